The van der Waals surface area contributed by atoms with Crippen molar-refractivity contribution in [3.8, 4) is 0 Å². The van der Waals surface area contributed by atoms with Gasteiger partial charge in [0.15, 0.2) is 0 Å². The van der Waals surface area contributed by atoms with Crippen LogP contribution >= 0.6 is 11.6 Å². The summed E-state index contributed by atoms with van der Waals surface area (Å²) in [6.07, 6.45) is 5.30. The van der Waals surface area contributed by atoms with Crippen molar-refractivity contribution in [3.63, 3.8) is 0 Å². The molecule has 0 spiro atoms. The fraction of sp³-hybridized carbons (Fsp3) is 1.00. The van der Waals surface area contributed by atoms with Crippen LogP contribution in [0.4, 0.5) is 0 Å². The van der Waals surface area contributed by atoms with E-state index in [1.807, 2.05) is 0 Å². The molecule has 72 valence electrons. The van der Waals surface area contributed by atoms with E-state index in [0.29, 0.717) is 17.2 Å². The lowest BCUT2D eigenvalue weighted by Crippen LogP contribution is -2.28. The van der Waals surface area contributed by atoms with Crippen molar-refractivity contribution in [1.29, 1.82) is 0 Å². The van der Waals surface area contributed by atoms with Crippen LogP contribution in [-0.2, 0) is 4.74 Å². The van der Waals surface area contributed by atoms with Crippen molar-refractivity contribution in [3.05, 3.63) is 0 Å². The zero-order chi connectivity index (χ0) is 8.97. The molecule has 1 rings (SSSR count). The van der Waals surface area contributed by atoms with E-state index in [2.05, 4.69) is 6.92 Å². The summed E-state index contributed by atoms with van der Waals surface area (Å²) in [4.78, 5) is 0. The van der Waals surface area contributed by atoms with Crippen LogP contribution in [0.3, 0.4) is 0 Å². The first-order valence-corrected chi connectivity index (χ1v) is 5.32. The molecule has 0 radical (unpaired) electrons. The van der Waals surface area contributed by atoms with Crippen LogP contribution in [0.5, 0.6) is 0 Å². The number of alkyl halides is 1. The summed E-state index contributed by atoms with van der Waals surface area (Å²) in [5.41, 5.74) is 0. The van der Waals surface area contributed by atoms with Crippen molar-refractivity contribution in [2.75, 3.05) is 13.7 Å². The summed E-state index contributed by atoms with van der Waals surface area (Å²) in [6, 6.07) is 0. The van der Waals surface area contributed by atoms with Crippen LogP contribution in [-0.4, -0.2) is 19.1 Å². The van der Waals surface area contributed by atoms with Crippen LogP contribution in [0.15, 0.2) is 0 Å². The van der Waals surface area contributed by atoms with Gasteiger partial charge in [-0.05, 0) is 31.6 Å². The molecule has 2 heteroatoms. The first-order valence-electron chi connectivity index (χ1n) is 4.88. The summed E-state index contributed by atoms with van der Waals surface area (Å²) in [6.45, 7) is 3.00. The molecule has 0 bridgehead atoms. The zero-order valence-electron chi connectivity index (χ0n) is 8.05. The second-order valence-corrected chi connectivity index (χ2v) is 4.53. The quantitative estimate of drug-likeness (QED) is 0.622. The van der Waals surface area contributed by atoms with Crippen LogP contribution < -0.4 is 0 Å². The van der Waals surface area contributed by atoms with E-state index in [4.69, 9.17) is 16.3 Å². The van der Waals surface area contributed by atoms with Gasteiger partial charge in [0.05, 0.1) is 0 Å². The number of methoxy groups -OCH3 is 1. The molecule has 1 saturated carbocycles. The maximum atomic E-state index is 6.13. The van der Waals surface area contributed by atoms with Crippen molar-refractivity contribution >= 4 is 11.6 Å². The minimum absolute atomic E-state index is 0.311. The van der Waals surface area contributed by atoms with Gasteiger partial charge in [-0.3, -0.25) is 0 Å². The third-order valence-corrected chi connectivity index (χ3v) is 3.26. The highest BCUT2D eigenvalue weighted by molar-refractivity contribution is 6.20. The van der Waals surface area contributed by atoms with E-state index < -0.39 is 0 Å². The second kappa shape index (κ2) is 5.08. The fourth-order valence-corrected chi connectivity index (χ4v) is 2.59. The maximum absolute atomic E-state index is 6.13. The van der Waals surface area contributed by atoms with Gasteiger partial charge in [-0.2, -0.15) is 0 Å². The van der Waals surface area contributed by atoms with Gasteiger partial charge in [-0.25, -0.2) is 0 Å². The zero-order valence-corrected chi connectivity index (χ0v) is 8.81. The van der Waals surface area contributed by atoms with Crippen LogP contribution in [0.2, 0.25) is 0 Å². The third-order valence-electron chi connectivity index (χ3n) is 2.94. The predicted octanol–water partition coefficient (Wildman–Crippen LogP) is 3.07. The number of hydrogen-bond acceptors (Lipinski definition) is 1. The normalized spacial score (nSPS) is 33.2. The van der Waals surface area contributed by atoms with Crippen LogP contribution in [0.25, 0.3) is 0 Å². The Morgan fingerprint density at radius 3 is 2.67 bits per heavy atom. The molecular formula is C10H19ClO. The molecule has 1 unspecified atom stereocenters. The topological polar surface area (TPSA) is 9.23 Å². The summed E-state index contributed by atoms with van der Waals surface area (Å²) in [5, 5.41) is 0.311. The number of rotatable bonds is 3. The van der Waals surface area contributed by atoms with Crippen LogP contribution in [0, 0.1) is 11.8 Å². The van der Waals surface area contributed by atoms with Gasteiger partial charge in [-0.15, -0.1) is 11.6 Å². The minimum Gasteiger partial charge on any atom is -0.384 e. The molecule has 1 fully saturated rings. The predicted molar refractivity (Wildman–Crippen MR) is 52.6 cm³/mol. The Hall–Kier alpha value is 0.250. The van der Waals surface area contributed by atoms with Gasteiger partial charge < -0.3 is 4.74 Å². The molecule has 0 heterocycles. The van der Waals surface area contributed by atoms with Crippen molar-refractivity contribution in [2.45, 2.75) is 38.0 Å². The average Bonchev–Trinajstić information content (AvgIpc) is 2.05. The molecule has 0 aromatic heterocycles. The van der Waals surface area contributed by atoms with Crippen molar-refractivity contribution in [2.24, 2.45) is 11.8 Å². The first-order chi connectivity index (χ1) is 5.75. The number of halogens is 1. The lowest BCUT2D eigenvalue weighted by molar-refractivity contribution is 0.0937. The standard InChI is InChI=1S/C10H19ClO/c1-8(11)10-6-4-3-5-9(10)7-12-2/h8-10H,3-7H2,1-2H3/t8?,9-,10-/m0/s1. The molecule has 0 aromatic carbocycles. The molecule has 1 aliphatic rings. The molecule has 3 atom stereocenters. The first kappa shape index (κ1) is 10.3. The molecule has 0 saturated heterocycles. The Bertz CT molecular complexity index is 123. The van der Waals surface area contributed by atoms with E-state index in [9.17, 15) is 0 Å². The van der Waals surface area contributed by atoms with Gasteiger partial charge in [-0.1, -0.05) is 12.8 Å². The Balaban J connectivity index is 2.42. The average molecular weight is 191 g/mol. The largest absolute Gasteiger partial charge is 0.384 e. The van der Waals surface area contributed by atoms with E-state index >= 15 is 0 Å². The summed E-state index contributed by atoms with van der Waals surface area (Å²) >= 11 is 6.13. The molecule has 1 aliphatic carbocycles. The molecule has 0 aliphatic heterocycles. The van der Waals surface area contributed by atoms with E-state index in [1.165, 1.54) is 25.7 Å². The molecule has 12 heavy (non-hydrogen) atoms. The molecule has 0 N–H and O–H groups in total. The Kier molecular flexibility index (Phi) is 4.38. The van der Waals surface area contributed by atoms with Crippen molar-refractivity contribution in [1.82, 2.24) is 0 Å². The second-order valence-electron chi connectivity index (χ2n) is 3.84. The highest BCUT2D eigenvalue weighted by atomic mass is 35.5. The molecule has 0 amide bonds. The van der Waals surface area contributed by atoms with Gasteiger partial charge in [0.2, 0.25) is 0 Å². The molecular weight excluding hydrogens is 172 g/mol. The Labute approximate surface area is 80.4 Å². The summed E-state index contributed by atoms with van der Waals surface area (Å²) in [5.74, 6) is 1.39. The van der Waals surface area contributed by atoms with E-state index in [1.54, 1.807) is 7.11 Å². The lowest BCUT2D eigenvalue weighted by atomic mass is 9.78. The number of hydrogen-bond donors (Lipinski definition) is 0. The third kappa shape index (κ3) is 2.63. The van der Waals surface area contributed by atoms with Gasteiger partial charge in [0.1, 0.15) is 0 Å². The van der Waals surface area contributed by atoms with Crippen molar-refractivity contribution < 1.29 is 4.74 Å². The van der Waals surface area contributed by atoms with Gasteiger partial charge >= 0.3 is 0 Å². The highest BCUT2D eigenvalue weighted by Gasteiger charge is 2.28. The Morgan fingerprint density at radius 1 is 1.42 bits per heavy atom. The maximum Gasteiger partial charge on any atom is 0.0493 e. The molecule has 1 nitrogen and oxygen atoms in total. The lowest BCUT2D eigenvalue weighted by Gasteiger charge is -2.32. The monoisotopic (exact) mass is 190 g/mol. The van der Waals surface area contributed by atoms with Gasteiger partial charge in [0.25, 0.3) is 0 Å². The van der Waals surface area contributed by atoms with E-state index in [0.717, 1.165) is 6.61 Å². The highest BCUT2D eigenvalue weighted by Crippen LogP contribution is 2.34. The summed E-state index contributed by atoms with van der Waals surface area (Å²) < 4.78 is 5.20. The smallest absolute Gasteiger partial charge is 0.0493 e. The number of ether oxygens (including phenoxy) is 1. The molecule has 0 aromatic rings. The minimum atomic E-state index is 0.311. The fourth-order valence-electron chi connectivity index (χ4n) is 2.26. The SMILES string of the molecule is COC[C@@H]1CCCC[C@H]1C(C)Cl. The van der Waals surface area contributed by atoms with Crippen LogP contribution in [0.1, 0.15) is 32.6 Å². The summed E-state index contributed by atoms with van der Waals surface area (Å²) in [7, 11) is 1.78. The van der Waals surface area contributed by atoms with Gasteiger partial charge in [0, 0.05) is 19.1 Å². The Morgan fingerprint density at radius 2 is 2.08 bits per heavy atom. The van der Waals surface area contributed by atoms with E-state index in [-0.39, 0.29) is 0 Å².